The Morgan fingerprint density at radius 3 is 2.26 bits per heavy atom. The monoisotopic (exact) mass is 256 g/mol. The van der Waals surface area contributed by atoms with Crippen LogP contribution in [0.3, 0.4) is 0 Å². The van der Waals surface area contributed by atoms with Crippen LogP contribution in [-0.2, 0) is 0 Å². The molecular weight excluding hydrogens is 236 g/mol. The van der Waals surface area contributed by atoms with Gasteiger partial charge in [-0.05, 0) is 29.7 Å². The third-order valence-corrected chi connectivity index (χ3v) is 3.45. The van der Waals surface area contributed by atoms with Crippen LogP contribution in [0.5, 0.6) is 11.5 Å². The quantitative estimate of drug-likeness (QED) is 0.777. The van der Waals surface area contributed by atoms with E-state index in [1.807, 2.05) is 24.3 Å². The van der Waals surface area contributed by atoms with Gasteiger partial charge in [0.25, 0.3) is 0 Å². The molecule has 0 aliphatic heterocycles. The molecule has 19 heavy (non-hydrogen) atoms. The Morgan fingerprint density at radius 1 is 0.895 bits per heavy atom. The fraction of sp³-hybridized carbons (Fsp3) is 0.294. The minimum absolute atomic E-state index is 0.0464. The highest BCUT2D eigenvalue weighted by atomic mass is 16.3. The molecule has 2 nitrogen and oxygen atoms in total. The fourth-order valence-corrected chi connectivity index (χ4v) is 2.38. The van der Waals surface area contributed by atoms with Crippen LogP contribution >= 0.6 is 0 Å². The van der Waals surface area contributed by atoms with Crippen molar-refractivity contribution in [2.24, 2.45) is 0 Å². The van der Waals surface area contributed by atoms with E-state index in [1.54, 1.807) is 12.1 Å². The second-order valence-corrected chi connectivity index (χ2v) is 4.85. The van der Waals surface area contributed by atoms with Crippen LogP contribution in [0.1, 0.15) is 43.2 Å². The van der Waals surface area contributed by atoms with Crippen LogP contribution in [0.25, 0.3) is 0 Å². The smallest absolute Gasteiger partial charge is 0.157 e. The molecule has 0 amide bonds. The van der Waals surface area contributed by atoms with Gasteiger partial charge >= 0.3 is 0 Å². The van der Waals surface area contributed by atoms with Gasteiger partial charge in [-0.15, -0.1) is 0 Å². The minimum atomic E-state index is -0.0638. The number of hydrogen-bond acceptors (Lipinski definition) is 2. The molecule has 0 aromatic heterocycles. The summed E-state index contributed by atoms with van der Waals surface area (Å²) in [6.45, 7) is 2.18. The topological polar surface area (TPSA) is 40.5 Å². The maximum atomic E-state index is 9.67. The second-order valence-electron chi connectivity index (χ2n) is 4.85. The van der Waals surface area contributed by atoms with Crippen LogP contribution < -0.4 is 0 Å². The highest BCUT2D eigenvalue weighted by Gasteiger charge is 2.15. The van der Waals surface area contributed by atoms with Gasteiger partial charge in [-0.25, -0.2) is 0 Å². The normalized spacial score (nSPS) is 12.3. The number of benzene rings is 2. The Bertz CT molecular complexity index is 520. The van der Waals surface area contributed by atoms with Crippen LogP contribution in [0.2, 0.25) is 0 Å². The molecule has 1 atom stereocenters. The van der Waals surface area contributed by atoms with Crippen molar-refractivity contribution >= 4 is 0 Å². The maximum absolute atomic E-state index is 9.67. The van der Waals surface area contributed by atoms with Crippen molar-refractivity contribution in [1.82, 2.24) is 0 Å². The predicted octanol–water partition coefficient (Wildman–Crippen LogP) is 4.42. The lowest BCUT2D eigenvalue weighted by atomic mass is 9.87. The van der Waals surface area contributed by atoms with E-state index in [2.05, 4.69) is 19.1 Å². The molecule has 0 fully saturated rings. The number of phenolic OH excluding ortho intramolecular Hbond substituents is 2. The van der Waals surface area contributed by atoms with Gasteiger partial charge in [0.15, 0.2) is 11.5 Å². The standard InChI is InChI=1S/C17H20O2/c1-2-3-9-15(13-7-5-4-6-8-13)14-10-11-16(18)17(19)12-14/h4-8,10-12,15,18-19H,2-3,9H2,1H3/t15-/m0/s1. The van der Waals surface area contributed by atoms with E-state index in [-0.39, 0.29) is 17.4 Å². The molecule has 0 saturated carbocycles. The molecule has 0 aliphatic carbocycles. The van der Waals surface area contributed by atoms with Gasteiger partial charge in [-0.1, -0.05) is 56.2 Å². The van der Waals surface area contributed by atoms with Crippen molar-refractivity contribution in [3.8, 4) is 11.5 Å². The van der Waals surface area contributed by atoms with Crippen LogP contribution in [0.4, 0.5) is 0 Å². The average molecular weight is 256 g/mol. The van der Waals surface area contributed by atoms with Gasteiger partial charge in [0.05, 0.1) is 0 Å². The summed E-state index contributed by atoms with van der Waals surface area (Å²) in [5.41, 5.74) is 2.30. The van der Waals surface area contributed by atoms with E-state index in [0.29, 0.717) is 0 Å². The molecule has 0 spiro atoms. The number of phenols is 2. The lowest BCUT2D eigenvalue weighted by molar-refractivity contribution is 0.402. The summed E-state index contributed by atoms with van der Waals surface area (Å²) in [7, 11) is 0. The Morgan fingerprint density at radius 2 is 1.63 bits per heavy atom. The first-order valence-corrected chi connectivity index (χ1v) is 6.79. The predicted molar refractivity (Wildman–Crippen MR) is 77.6 cm³/mol. The molecule has 0 bridgehead atoms. The molecule has 100 valence electrons. The first-order chi connectivity index (χ1) is 9.22. The molecule has 2 N–H and O–H groups in total. The Labute approximate surface area is 114 Å². The van der Waals surface area contributed by atoms with E-state index in [1.165, 1.54) is 5.56 Å². The van der Waals surface area contributed by atoms with Crippen molar-refractivity contribution in [1.29, 1.82) is 0 Å². The molecular formula is C17H20O2. The third kappa shape index (κ3) is 3.28. The molecule has 0 saturated heterocycles. The van der Waals surface area contributed by atoms with Crippen LogP contribution in [0.15, 0.2) is 48.5 Å². The third-order valence-electron chi connectivity index (χ3n) is 3.45. The van der Waals surface area contributed by atoms with E-state index in [0.717, 1.165) is 24.8 Å². The van der Waals surface area contributed by atoms with Crippen LogP contribution in [0, 0.1) is 0 Å². The summed E-state index contributed by atoms with van der Waals surface area (Å²) in [5, 5.41) is 19.1. The fourth-order valence-electron chi connectivity index (χ4n) is 2.38. The Hall–Kier alpha value is -1.96. The van der Waals surface area contributed by atoms with Crippen molar-refractivity contribution in [3.63, 3.8) is 0 Å². The molecule has 0 unspecified atom stereocenters. The highest BCUT2D eigenvalue weighted by molar-refractivity contribution is 5.44. The maximum Gasteiger partial charge on any atom is 0.157 e. The lowest BCUT2D eigenvalue weighted by Crippen LogP contribution is -2.01. The molecule has 2 aromatic carbocycles. The van der Waals surface area contributed by atoms with E-state index in [4.69, 9.17) is 0 Å². The molecule has 2 rings (SSSR count). The SMILES string of the molecule is CCCC[C@@H](c1ccccc1)c1ccc(O)c(O)c1. The summed E-state index contributed by atoms with van der Waals surface area (Å²) in [5.74, 6) is 0.161. The molecule has 0 aliphatic rings. The number of hydrogen-bond donors (Lipinski definition) is 2. The van der Waals surface area contributed by atoms with Crippen LogP contribution in [-0.4, -0.2) is 10.2 Å². The average Bonchev–Trinajstić information content (AvgIpc) is 2.44. The van der Waals surface area contributed by atoms with Crippen molar-refractivity contribution in [3.05, 3.63) is 59.7 Å². The summed E-state index contributed by atoms with van der Waals surface area (Å²) in [4.78, 5) is 0. The van der Waals surface area contributed by atoms with Crippen molar-refractivity contribution < 1.29 is 10.2 Å². The Kier molecular flexibility index (Phi) is 4.45. The van der Waals surface area contributed by atoms with Gasteiger partial charge in [0.2, 0.25) is 0 Å². The van der Waals surface area contributed by atoms with Gasteiger partial charge in [-0.2, -0.15) is 0 Å². The molecule has 2 aromatic rings. The zero-order valence-electron chi connectivity index (χ0n) is 11.2. The Balaban J connectivity index is 2.34. The second kappa shape index (κ2) is 6.28. The molecule has 2 heteroatoms. The van der Waals surface area contributed by atoms with Gasteiger partial charge in [0, 0.05) is 5.92 Å². The summed E-state index contributed by atoms with van der Waals surface area (Å²) >= 11 is 0. The van der Waals surface area contributed by atoms with E-state index >= 15 is 0 Å². The van der Waals surface area contributed by atoms with Gasteiger partial charge < -0.3 is 10.2 Å². The van der Waals surface area contributed by atoms with E-state index in [9.17, 15) is 10.2 Å². The van der Waals surface area contributed by atoms with Gasteiger partial charge in [0.1, 0.15) is 0 Å². The first kappa shape index (κ1) is 13.5. The summed E-state index contributed by atoms with van der Waals surface area (Å²) in [6, 6.07) is 15.4. The number of aromatic hydroxyl groups is 2. The zero-order valence-corrected chi connectivity index (χ0v) is 11.2. The zero-order chi connectivity index (χ0) is 13.7. The summed E-state index contributed by atoms with van der Waals surface area (Å²) < 4.78 is 0. The molecule has 0 heterocycles. The largest absolute Gasteiger partial charge is 0.504 e. The molecule has 0 radical (unpaired) electrons. The van der Waals surface area contributed by atoms with E-state index < -0.39 is 0 Å². The minimum Gasteiger partial charge on any atom is -0.504 e. The first-order valence-electron chi connectivity index (χ1n) is 6.79. The number of unbranched alkanes of at least 4 members (excludes halogenated alkanes) is 1. The summed E-state index contributed by atoms with van der Waals surface area (Å²) in [6.07, 6.45) is 3.33. The van der Waals surface area contributed by atoms with Crippen molar-refractivity contribution in [2.75, 3.05) is 0 Å². The number of rotatable bonds is 5. The van der Waals surface area contributed by atoms with Crippen molar-refractivity contribution in [2.45, 2.75) is 32.1 Å². The van der Waals surface area contributed by atoms with Gasteiger partial charge in [-0.3, -0.25) is 0 Å². The highest BCUT2D eigenvalue weighted by Crippen LogP contribution is 2.34. The lowest BCUT2D eigenvalue weighted by Gasteiger charge is -2.18.